The molecule has 0 spiro atoms. The van der Waals surface area contributed by atoms with E-state index in [-0.39, 0.29) is 0 Å². The van der Waals surface area contributed by atoms with Crippen LogP contribution in [-0.2, 0) is 0 Å². The lowest BCUT2D eigenvalue weighted by Gasteiger charge is -2.09. The van der Waals surface area contributed by atoms with E-state index in [1.807, 2.05) is 34.0 Å². The van der Waals surface area contributed by atoms with Crippen LogP contribution in [0.3, 0.4) is 0 Å². The predicted octanol–water partition coefficient (Wildman–Crippen LogP) is 9.39. The minimum Gasteiger partial charge on any atom is -0.293 e. The van der Waals surface area contributed by atoms with Crippen molar-refractivity contribution in [3.8, 4) is 17.1 Å². The average Bonchev–Trinajstić information content (AvgIpc) is 3.70. The third-order valence-corrected chi connectivity index (χ3v) is 9.27. The summed E-state index contributed by atoms with van der Waals surface area (Å²) in [5.41, 5.74) is 3.47. The lowest BCUT2D eigenvalue weighted by molar-refractivity contribution is 1.19. The highest BCUT2D eigenvalue weighted by Crippen LogP contribution is 2.33. The Bertz CT molecular complexity index is 1580. The maximum atomic E-state index is 2.37. The van der Waals surface area contributed by atoms with Gasteiger partial charge in [0.25, 0.3) is 0 Å². The number of thiophene rings is 3. The van der Waals surface area contributed by atoms with E-state index in [1.54, 1.807) is 0 Å². The van der Waals surface area contributed by atoms with Crippen LogP contribution >= 0.6 is 34.0 Å². The monoisotopic (exact) mass is 519 g/mol. The summed E-state index contributed by atoms with van der Waals surface area (Å²) >= 11 is 5.43. The fourth-order valence-corrected chi connectivity index (χ4v) is 7.90. The van der Waals surface area contributed by atoms with Gasteiger partial charge in [0.2, 0.25) is 0 Å². The third-order valence-electron chi connectivity index (χ3n) is 6.10. The SMILES string of the molecule is c1ccc(-n2c3ccc(s3)n(-c3ccccc3)c3ccc(s3)n(-c3ccccc3)c3ccc2s3)cc1. The normalized spacial score (nSPS) is 11.3. The molecule has 6 bridgehead atoms. The van der Waals surface area contributed by atoms with E-state index < -0.39 is 0 Å². The number of rotatable bonds is 3. The molecular formula is C30H21N3S3. The van der Waals surface area contributed by atoms with Crippen LogP contribution in [0, 0.1) is 0 Å². The standard InChI is InChI=1S/C30H21N3S3/c1-4-10-22(11-5-1)31-25-16-18-27(34-25)32(23-12-6-2-7-13-23)29-20-21-30(36-29)33(24-14-8-3-9-15-24)28-19-17-26(31)35-28/h1-21H. The van der Waals surface area contributed by atoms with Crippen molar-refractivity contribution in [3.05, 3.63) is 127 Å². The van der Waals surface area contributed by atoms with Crippen LogP contribution in [0.5, 0.6) is 0 Å². The summed E-state index contributed by atoms with van der Waals surface area (Å²) in [6, 6.07) is 45.4. The molecule has 0 radical (unpaired) electrons. The number of para-hydroxylation sites is 3. The molecule has 0 aliphatic heterocycles. The number of aromatic nitrogens is 3. The Balaban J connectivity index is 1.70. The largest absolute Gasteiger partial charge is 0.293 e. The molecule has 0 saturated carbocycles. The molecule has 0 N–H and O–H groups in total. The number of hydrogen-bond donors (Lipinski definition) is 0. The van der Waals surface area contributed by atoms with E-state index in [2.05, 4.69) is 141 Å². The first-order valence-corrected chi connectivity index (χ1v) is 14.2. The Hall–Kier alpha value is -3.84. The molecule has 7 rings (SSSR count). The highest BCUT2D eigenvalue weighted by molar-refractivity contribution is 7.25. The van der Waals surface area contributed by atoms with Crippen molar-refractivity contribution in [2.24, 2.45) is 0 Å². The van der Waals surface area contributed by atoms with Crippen LogP contribution in [-0.4, -0.2) is 13.7 Å². The number of hydrogen-bond acceptors (Lipinski definition) is 3. The molecule has 3 aromatic carbocycles. The van der Waals surface area contributed by atoms with Gasteiger partial charge >= 0.3 is 0 Å². The highest BCUT2D eigenvalue weighted by Gasteiger charge is 2.11. The van der Waals surface area contributed by atoms with Gasteiger partial charge < -0.3 is 0 Å². The molecule has 0 unspecified atom stereocenters. The molecule has 7 aromatic rings. The summed E-state index contributed by atoms with van der Waals surface area (Å²) in [7, 11) is 0. The van der Waals surface area contributed by atoms with E-state index >= 15 is 0 Å². The van der Waals surface area contributed by atoms with Gasteiger partial charge in [-0.1, -0.05) is 88.6 Å². The van der Waals surface area contributed by atoms with E-state index in [9.17, 15) is 0 Å². The fraction of sp³-hybridized carbons (Fsp3) is 0. The Kier molecular flexibility index (Phi) is 5.35. The molecule has 36 heavy (non-hydrogen) atoms. The molecule has 174 valence electrons. The third kappa shape index (κ3) is 3.71. The van der Waals surface area contributed by atoms with Crippen molar-refractivity contribution < 1.29 is 0 Å². The second-order valence-corrected chi connectivity index (χ2v) is 11.5. The molecule has 3 nitrogen and oxygen atoms in total. The Morgan fingerprint density at radius 3 is 0.722 bits per heavy atom. The Labute approximate surface area is 220 Å². The van der Waals surface area contributed by atoms with E-state index in [1.165, 1.54) is 29.0 Å². The first-order valence-electron chi connectivity index (χ1n) is 11.7. The average molecular weight is 520 g/mol. The smallest absolute Gasteiger partial charge is 0.103 e. The van der Waals surface area contributed by atoms with Gasteiger partial charge in [0.15, 0.2) is 0 Å². The van der Waals surface area contributed by atoms with E-state index in [0.29, 0.717) is 0 Å². The molecule has 0 saturated heterocycles. The van der Waals surface area contributed by atoms with Crippen molar-refractivity contribution in [2.75, 3.05) is 0 Å². The fourth-order valence-electron chi connectivity index (χ4n) is 4.49. The zero-order valence-corrected chi connectivity index (χ0v) is 21.6. The van der Waals surface area contributed by atoms with Crippen LogP contribution in [0.1, 0.15) is 0 Å². The summed E-state index contributed by atoms with van der Waals surface area (Å²) in [5, 5.41) is 0. The molecule has 0 aliphatic carbocycles. The first-order chi connectivity index (χ1) is 17.8. The summed E-state index contributed by atoms with van der Waals surface area (Å²) in [5.74, 6) is 0. The highest BCUT2D eigenvalue weighted by atomic mass is 32.1. The van der Waals surface area contributed by atoms with Crippen LogP contribution in [0.2, 0.25) is 0 Å². The van der Waals surface area contributed by atoms with Gasteiger partial charge in [-0.05, 0) is 72.8 Å². The van der Waals surface area contributed by atoms with Gasteiger partial charge in [0.05, 0.1) is 0 Å². The second kappa shape index (κ2) is 8.99. The molecule has 6 heteroatoms. The van der Waals surface area contributed by atoms with Crippen molar-refractivity contribution >= 4 is 63.0 Å². The van der Waals surface area contributed by atoms with E-state index in [4.69, 9.17) is 0 Å². The van der Waals surface area contributed by atoms with Crippen LogP contribution in [0.25, 0.3) is 46.0 Å². The lowest BCUT2D eigenvalue weighted by Crippen LogP contribution is -1.94. The predicted molar refractivity (Wildman–Crippen MR) is 157 cm³/mol. The topological polar surface area (TPSA) is 14.8 Å². The van der Waals surface area contributed by atoms with Crippen molar-refractivity contribution in [3.63, 3.8) is 0 Å². The summed E-state index contributed by atoms with van der Waals surface area (Å²) in [6.45, 7) is 0. The molecular weight excluding hydrogens is 499 g/mol. The molecule has 0 fully saturated rings. The lowest BCUT2D eigenvalue weighted by atomic mass is 10.3. The minimum atomic E-state index is 1.16. The summed E-state index contributed by atoms with van der Waals surface area (Å²) in [4.78, 5) is 7.13. The first kappa shape index (κ1) is 21.4. The van der Waals surface area contributed by atoms with Gasteiger partial charge in [-0.3, -0.25) is 13.7 Å². The molecule has 4 heterocycles. The van der Waals surface area contributed by atoms with Crippen LogP contribution < -0.4 is 0 Å². The van der Waals surface area contributed by atoms with Crippen molar-refractivity contribution in [2.45, 2.75) is 0 Å². The van der Waals surface area contributed by atoms with Crippen LogP contribution in [0.4, 0.5) is 0 Å². The summed E-state index contributed by atoms with van der Waals surface area (Å²) < 4.78 is 7.11. The maximum Gasteiger partial charge on any atom is 0.103 e. The van der Waals surface area contributed by atoms with Gasteiger partial charge in [-0.2, -0.15) is 0 Å². The molecule has 0 amide bonds. The number of nitrogens with zero attached hydrogens (tertiary/aromatic N) is 3. The number of fused-ring (bicyclic) bond motifs is 6. The van der Waals surface area contributed by atoms with E-state index in [0.717, 1.165) is 17.1 Å². The van der Waals surface area contributed by atoms with Crippen LogP contribution in [0.15, 0.2) is 127 Å². The van der Waals surface area contributed by atoms with Gasteiger partial charge in [-0.25, -0.2) is 0 Å². The van der Waals surface area contributed by atoms with Crippen molar-refractivity contribution in [1.29, 1.82) is 0 Å². The van der Waals surface area contributed by atoms with Gasteiger partial charge in [-0.15, -0.1) is 0 Å². The Morgan fingerprint density at radius 2 is 0.500 bits per heavy atom. The number of benzene rings is 3. The van der Waals surface area contributed by atoms with Gasteiger partial charge in [0.1, 0.15) is 29.0 Å². The molecule has 0 atom stereocenters. The van der Waals surface area contributed by atoms with Gasteiger partial charge in [0, 0.05) is 17.1 Å². The summed E-state index contributed by atoms with van der Waals surface area (Å²) in [6.07, 6.45) is 0. The molecule has 4 aromatic heterocycles. The quantitative estimate of drug-likeness (QED) is 0.221. The molecule has 0 aliphatic rings. The van der Waals surface area contributed by atoms with Crippen molar-refractivity contribution in [1.82, 2.24) is 13.7 Å². The second-order valence-electron chi connectivity index (χ2n) is 8.35. The zero-order chi connectivity index (χ0) is 23.9. The zero-order valence-electron chi connectivity index (χ0n) is 19.2. The Morgan fingerprint density at radius 1 is 0.278 bits per heavy atom. The maximum absolute atomic E-state index is 2.37. The minimum absolute atomic E-state index is 1.16.